The van der Waals surface area contributed by atoms with Gasteiger partial charge in [0.2, 0.25) is 5.90 Å². The van der Waals surface area contributed by atoms with Crippen LogP contribution in [0.4, 0.5) is 0 Å². The van der Waals surface area contributed by atoms with Crippen molar-refractivity contribution in [1.29, 1.82) is 5.41 Å². The van der Waals surface area contributed by atoms with Gasteiger partial charge in [-0.25, -0.2) is 0 Å². The van der Waals surface area contributed by atoms with Crippen molar-refractivity contribution in [3.8, 4) is 0 Å². The van der Waals surface area contributed by atoms with Crippen LogP contribution < -0.4 is 0 Å². The third-order valence-corrected chi connectivity index (χ3v) is 1.89. The number of aryl methyl sites for hydroxylation is 1. The quantitative estimate of drug-likeness (QED) is 0.527. The molecule has 0 aliphatic rings. The van der Waals surface area contributed by atoms with E-state index in [1.54, 1.807) is 0 Å². The Morgan fingerprint density at radius 1 is 1.58 bits per heavy atom. The van der Waals surface area contributed by atoms with Crippen molar-refractivity contribution >= 4 is 5.90 Å². The molecule has 1 aromatic rings. The fourth-order valence-electron chi connectivity index (χ4n) is 1.06. The molecule has 0 fully saturated rings. The fraction of sp³-hybridized carbons (Fsp3) is 0.444. The normalized spacial score (nSPS) is 9.92. The molecule has 1 aromatic heterocycles. The SMILES string of the molecule is CCOC(=N)c1ccc(C)n1C. The van der Waals surface area contributed by atoms with E-state index in [9.17, 15) is 0 Å². The van der Waals surface area contributed by atoms with Gasteiger partial charge >= 0.3 is 0 Å². The van der Waals surface area contributed by atoms with E-state index < -0.39 is 0 Å². The molecule has 0 aliphatic carbocycles. The van der Waals surface area contributed by atoms with Crippen LogP contribution in [-0.4, -0.2) is 17.1 Å². The van der Waals surface area contributed by atoms with Crippen molar-refractivity contribution in [2.24, 2.45) is 7.05 Å². The first-order valence-electron chi connectivity index (χ1n) is 4.01. The van der Waals surface area contributed by atoms with Gasteiger partial charge in [-0.3, -0.25) is 5.41 Å². The van der Waals surface area contributed by atoms with E-state index in [2.05, 4.69) is 0 Å². The van der Waals surface area contributed by atoms with Crippen LogP contribution in [0.15, 0.2) is 12.1 Å². The molecule has 0 atom stereocenters. The molecule has 12 heavy (non-hydrogen) atoms. The highest BCUT2D eigenvalue weighted by atomic mass is 16.5. The lowest BCUT2D eigenvalue weighted by Gasteiger charge is -2.06. The summed E-state index contributed by atoms with van der Waals surface area (Å²) in [5.74, 6) is 0.244. The van der Waals surface area contributed by atoms with E-state index in [0.717, 1.165) is 11.4 Å². The van der Waals surface area contributed by atoms with Crippen molar-refractivity contribution < 1.29 is 4.74 Å². The van der Waals surface area contributed by atoms with Crippen LogP contribution in [0.25, 0.3) is 0 Å². The maximum absolute atomic E-state index is 7.54. The van der Waals surface area contributed by atoms with Crippen LogP contribution in [-0.2, 0) is 11.8 Å². The smallest absolute Gasteiger partial charge is 0.230 e. The molecule has 1 rings (SSSR count). The first-order valence-corrected chi connectivity index (χ1v) is 4.01. The molecule has 3 nitrogen and oxygen atoms in total. The maximum Gasteiger partial charge on any atom is 0.230 e. The molecule has 0 radical (unpaired) electrons. The molecule has 1 heterocycles. The Labute approximate surface area is 72.5 Å². The van der Waals surface area contributed by atoms with Gasteiger partial charge < -0.3 is 9.30 Å². The summed E-state index contributed by atoms with van der Waals surface area (Å²) in [6.45, 7) is 4.43. The number of aromatic nitrogens is 1. The van der Waals surface area contributed by atoms with Crippen molar-refractivity contribution in [2.45, 2.75) is 13.8 Å². The monoisotopic (exact) mass is 166 g/mol. The van der Waals surface area contributed by atoms with Crippen molar-refractivity contribution in [2.75, 3.05) is 6.61 Å². The van der Waals surface area contributed by atoms with E-state index in [1.165, 1.54) is 0 Å². The summed E-state index contributed by atoms with van der Waals surface area (Å²) < 4.78 is 7.03. The summed E-state index contributed by atoms with van der Waals surface area (Å²) in [5.41, 5.74) is 1.96. The molecular weight excluding hydrogens is 152 g/mol. The van der Waals surface area contributed by atoms with Crippen LogP contribution in [0.3, 0.4) is 0 Å². The average Bonchev–Trinajstić information content (AvgIpc) is 2.34. The lowest BCUT2D eigenvalue weighted by molar-refractivity contribution is 0.323. The molecule has 0 aliphatic heterocycles. The first-order chi connectivity index (χ1) is 5.66. The maximum atomic E-state index is 7.54. The molecule has 3 heteroatoms. The van der Waals surface area contributed by atoms with Crippen LogP contribution in [0.1, 0.15) is 18.3 Å². The van der Waals surface area contributed by atoms with Crippen molar-refractivity contribution in [3.63, 3.8) is 0 Å². The lowest BCUT2D eigenvalue weighted by atomic mass is 10.4. The van der Waals surface area contributed by atoms with Gasteiger partial charge in [-0.1, -0.05) is 0 Å². The summed E-state index contributed by atoms with van der Waals surface area (Å²) in [6, 6.07) is 3.87. The van der Waals surface area contributed by atoms with Crippen molar-refractivity contribution in [3.05, 3.63) is 23.5 Å². The van der Waals surface area contributed by atoms with Gasteiger partial charge in [0.15, 0.2) is 0 Å². The molecular formula is C9H14N2O. The van der Waals surface area contributed by atoms with E-state index >= 15 is 0 Å². The molecule has 0 amide bonds. The second-order valence-electron chi connectivity index (χ2n) is 2.68. The van der Waals surface area contributed by atoms with Gasteiger partial charge in [0, 0.05) is 12.7 Å². The zero-order valence-electron chi connectivity index (χ0n) is 7.72. The summed E-state index contributed by atoms with van der Waals surface area (Å²) in [5, 5.41) is 7.54. The number of hydrogen-bond acceptors (Lipinski definition) is 2. The number of ether oxygens (including phenoxy) is 1. The third kappa shape index (κ3) is 1.49. The van der Waals surface area contributed by atoms with Crippen LogP contribution in [0, 0.1) is 12.3 Å². The second kappa shape index (κ2) is 3.43. The number of nitrogens with zero attached hydrogens (tertiary/aromatic N) is 1. The number of rotatable bonds is 2. The Bertz CT molecular complexity index is 289. The Morgan fingerprint density at radius 3 is 2.67 bits per heavy atom. The Kier molecular flexibility index (Phi) is 2.53. The highest BCUT2D eigenvalue weighted by Gasteiger charge is 2.06. The summed E-state index contributed by atoms with van der Waals surface area (Å²) in [7, 11) is 1.93. The average molecular weight is 166 g/mol. The minimum Gasteiger partial charge on any atom is -0.477 e. The highest BCUT2D eigenvalue weighted by molar-refractivity contribution is 5.90. The van der Waals surface area contributed by atoms with Gasteiger partial charge in [0.1, 0.15) is 5.69 Å². The van der Waals surface area contributed by atoms with Crippen LogP contribution >= 0.6 is 0 Å². The molecule has 0 unspecified atom stereocenters. The number of nitrogens with one attached hydrogen (secondary N) is 1. The third-order valence-electron chi connectivity index (χ3n) is 1.89. The van der Waals surface area contributed by atoms with E-state index in [1.807, 2.05) is 37.6 Å². The molecule has 0 spiro atoms. The zero-order valence-corrected chi connectivity index (χ0v) is 7.72. The van der Waals surface area contributed by atoms with Crippen LogP contribution in [0.5, 0.6) is 0 Å². The minimum atomic E-state index is 0.244. The van der Waals surface area contributed by atoms with E-state index in [-0.39, 0.29) is 5.90 Å². The Balaban J connectivity index is 2.88. The van der Waals surface area contributed by atoms with Crippen molar-refractivity contribution in [1.82, 2.24) is 4.57 Å². The summed E-state index contributed by atoms with van der Waals surface area (Å²) in [4.78, 5) is 0. The van der Waals surface area contributed by atoms with E-state index in [4.69, 9.17) is 10.1 Å². The Hall–Kier alpha value is -1.25. The molecule has 0 saturated carbocycles. The standard InChI is InChI=1S/C9H14N2O/c1-4-12-9(10)8-6-5-7(2)11(8)3/h5-6,10H,4H2,1-3H3. The topological polar surface area (TPSA) is 38.0 Å². The zero-order chi connectivity index (χ0) is 9.14. The van der Waals surface area contributed by atoms with Gasteiger partial charge in [-0.05, 0) is 26.0 Å². The summed E-state index contributed by atoms with van der Waals surface area (Å²) >= 11 is 0. The molecule has 0 saturated heterocycles. The highest BCUT2D eigenvalue weighted by Crippen LogP contribution is 2.06. The minimum absolute atomic E-state index is 0.244. The Morgan fingerprint density at radius 2 is 2.25 bits per heavy atom. The molecule has 0 aromatic carbocycles. The largest absolute Gasteiger partial charge is 0.477 e. The first kappa shape index (κ1) is 8.84. The molecule has 0 bridgehead atoms. The van der Waals surface area contributed by atoms with Gasteiger partial charge in [0.25, 0.3) is 0 Å². The van der Waals surface area contributed by atoms with Gasteiger partial charge in [0.05, 0.1) is 6.61 Å². The molecule has 1 N–H and O–H groups in total. The fourth-order valence-corrected chi connectivity index (χ4v) is 1.06. The van der Waals surface area contributed by atoms with Gasteiger partial charge in [-0.2, -0.15) is 0 Å². The van der Waals surface area contributed by atoms with E-state index in [0.29, 0.717) is 6.61 Å². The van der Waals surface area contributed by atoms with Gasteiger partial charge in [-0.15, -0.1) is 0 Å². The predicted octanol–water partition coefficient (Wildman–Crippen LogP) is 1.70. The second-order valence-corrected chi connectivity index (χ2v) is 2.68. The number of hydrogen-bond donors (Lipinski definition) is 1. The lowest BCUT2D eigenvalue weighted by Crippen LogP contribution is -2.10. The summed E-state index contributed by atoms with van der Waals surface area (Å²) in [6.07, 6.45) is 0. The van der Waals surface area contributed by atoms with Crippen LogP contribution in [0.2, 0.25) is 0 Å². The predicted molar refractivity (Wildman–Crippen MR) is 48.6 cm³/mol. The molecule has 66 valence electrons.